The molecule has 0 unspecified atom stereocenters. The van der Waals surface area contributed by atoms with Crippen molar-refractivity contribution in [1.29, 1.82) is 0 Å². The predicted molar refractivity (Wildman–Crippen MR) is 190 cm³/mol. The van der Waals surface area contributed by atoms with Gasteiger partial charge in [-0.25, -0.2) is 0 Å². The van der Waals surface area contributed by atoms with Gasteiger partial charge in [0.2, 0.25) is 0 Å². The lowest BCUT2D eigenvalue weighted by Crippen LogP contribution is -2.67. The topological polar surface area (TPSA) is 72.8 Å². The molecule has 0 amide bonds. The fraction of sp³-hybridized carbons (Fsp3) is 0.905. The molecule has 0 aliphatic heterocycles. The average Bonchev–Trinajstić information content (AvgIpc) is 3.41. The van der Waals surface area contributed by atoms with E-state index in [1.165, 1.54) is 56.9 Å². The Bertz CT molecular complexity index is 1140. The van der Waals surface area contributed by atoms with Crippen LogP contribution in [0.3, 0.4) is 0 Å². The Morgan fingerprint density at radius 1 is 0.723 bits per heavy atom. The van der Waals surface area contributed by atoms with E-state index >= 15 is 0 Å². The summed E-state index contributed by atoms with van der Waals surface area (Å²) in [4.78, 5) is 26.3. The zero-order valence-corrected chi connectivity index (χ0v) is 31.4. The number of allylic oxidation sites excluding steroid dienone is 1. The number of aliphatic hydroxyl groups is 1. The zero-order chi connectivity index (χ0) is 34.3. The molecule has 0 heterocycles. The number of unbranched alkanes of at least 4 members (excludes halogenated alkanes) is 7. The summed E-state index contributed by atoms with van der Waals surface area (Å²) >= 11 is 0. The fourth-order valence-electron chi connectivity index (χ4n) is 13.5. The van der Waals surface area contributed by atoms with Gasteiger partial charge in [0, 0.05) is 18.9 Å². The van der Waals surface area contributed by atoms with E-state index in [4.69, 9.17) is 14.6 Å². The first-order chi connectivity index (χ1) is 22.2. The molecule has 5 rings (SSSR count). The summed E-state index contributed by atoms with van der Waals surface area (Å²) in [6, 6.07) is 0. The highest BCUT2D eigenvalue weighted by Crippen LogP contribution is 2.77. The highest BCUT2D eigenvalue weighted by atomic mass is 16.5. The minimum absolute atomic E-state index is 0.00728. The number of hydrogen-bond acceptors (Lipinski definition) is 5. The van der Waals surface area contributed by atoms with Gasteiger partial charge >= 0.3 is 11.9 Å². The van der Waals surface area contributed by atoms with E-state index in [1.807, 2.05) is 0 Å². The summed E-state index contributed by atoms with van der Waals surface area (Å²) in [5, 5.41) is 8.96. The van der Waals surface area contributed by atoms with E-state index in [9.17, 15) is 9.59 Å². The third-order valence-corrected chi connectivity index (χ3v) is 16.0. The predicted octanol–water partition coefficient (Wildman–Crippen LogP) is 10.2. The maximum atomic E-state index is 14.3. The molecule has 0 radical (unpaired) electrons. The molecule has 0 saturated heterocycles. The molecule has 0 aromatic carbocycles. The van der Waals surface area contributed by atoms with E-state index < -0.39 is 0 Å². The molecule has 5 nitrogen and oxygen atoms in total. The van der Waals surface area contributed by atoms with E-state index in [1.54, 1.807) is 6.92 Å². The Morgan fingerprint density at radius 3 is 2.02 bits per heavy atom. The van der Waals surface area contributed by atoms with E-state index in [-0.39, 0.29) is 45.1 Å². The lowest BCUT2D eigenvalue weighted by molar-refractivity contribution is -0.250. The standard InChI is InChI=1S/C42H70O5/c1-29(2)31-19-24-42(37(45)46-28-16-14-12-10-9-11-13-15-27-43)26-25-40(7)32(36(31)42)17-18-34-39(6)22-21-35(47-30(3)44)38(4,5)33(39)20-23-41(34,40)8/h31-36,43H,1,9-28H2,2-8H3/t31-,32+,33-,34+,35-,36+,39-,40+,41+,42-/m0/s1. The second-order valence-electron chi connectivity index (χ2n) is 18.5. The van der Waals surface area contributed by atoms with Crippen LogP contribution in [0.25, 0.3) is 0 Å². The number of fused-ring (bicyclic) bond motifs is 7. The van der Waals surface area contributed by atoms with Crippen LogP contribution < -0.4 is 0 Å². The molecule has 5 fully saturated rings. The van der Waals surface area contributed by atoms with Gasteiger partial charge in [-0.3, -0.25) is 9.59 Å². The van der Waals surface area contributed by atoms with Crippen molar-refractivity contribution >= 4 is 11.9 Å². The van der Waals surface area contributed by atoms with E-state index in [0.29, 0.717) is 42.8 Å². The summed E-state index contributed by atoms with van der Waals surface area (Å²) in [6.07, 6.45) is 20.1. The van der Waals surface area contributed by atoms with Crippen LogP contribution in [0.2, 0.25) is 0 Å². The molecule has 5 aliphatic rings. The van der Waals surface area contributed by atoms with Crippen molar-refractivity contribution in [3.8, 4) is 0 Å². The Labute approximate surface area is 287 Å². The van der Waals surface area contributed by atoms with Gasteiger partial charge < -0.3 is 14.6 Å². The van der Waals surface area contributed by atoms with Gasteiger partial charge in [-0.1, -0.05) is 85.3 Å². The lowest BCUT2D eigenvalue weighted by Gasteiger charge is -2.72. The number of ether oxygens (including phenoxy) is 2. The molecule has 0 bridgehead atoms. The molecule has 5 saturated carbocycles. The van der Waals surface area contributed by atoms with Crippen molar-refractivity contribution in [3.05, 3.63) is 12.2 Å². The van der Waals surface area contributed by atoms with Gasteiger partial charge in [0.15, 0.2) is 0 Å². The molecule has 1 N–H and O–H groups in total. The van der Waals surface area contributed by atoms with Crippen molar-refractivity contribution in [2.75, 3.05) is 13.2 Å². The second-order valence-corrected chi connectivity index (χ2v) is 18.5. The van der Waals surface area contributed by atoms with Gasteiger partial charge in [-0.05, 0) is 130 Å². The maximum absolute atomic E-state index is 14.3. The Hall–Kier alpha value is -1.36. The molecule has 5 aliphatic carbocycles. The highest BCUT2D eigenvalue weighted by Gasteiger charge is 2.72. The Morgan fingerprint density at radius 2 is 1.38 bits per heavy atom. The van der Waals surface area contributed by atoms with Crippen molar-refractivity contribution in [1.82, 2.24) is 0 Å². The Kier molecular flexibility index (Phi) is 11.1. The molecule has 10 atom stereocenters. The minimum atomic E-state index is -0.352. The van der Waals surface area contributed by atoms with Crippen molar-refractivity contribution in [2.24, 2.45) is 56.7 Å². The van der Waals surface area contributed by atoms with Crippen molar-refractivity contribution < 1.29 is 24.2 Å². The van der Waals surface area contributed by atoms with Gasteiger partial charge in [0.1, 0.15) is 6.10 Å². The quantitative estimate of drug-likeness (QED) is 0.122. The van der Waals surface area contributed by atoms with Crippen LogP contribution in [0.1, 0.15) is 164 Å². The molecule has 0 spiro atoms. The summed E-state index contributed by atoms with van der Waals surface area (Å²) in [6.45, 7) is 21.8. The average molecular weight is 655 g/mol. The third kappa shape index (κ3) is 6.28. The number of esters is 2. The smallest absolute Gasteiger partial charge is 0.312 e. The third-order valence-electron chi connectivity index (χ3n) is 16.0. The fourth-order valence-corrected chi connectivity index (χ4v) is 13.5. The first kappa shape index (κ1) is 36.9. The van der Waals surface area contributed by atoms with Crippen LogP contribution in [0.4, 0.5) is 0 Å². The largest absolute Gasteiger partial charge is 0.465 e. The van der Waals surface area contributed by atoms with Crippen molar-refractivity contribution in [3.63, 3.8) is 0 Å². The number of carbonyl (C=O) groups excluding carboxylic acids is 2. The van der Waals surface area contributed by atoms with Gasteiger partial charge in [0.25, 0.3) is 0 Å². The second kappa shape index (κ2) is 14.1. The van der Waals surface area contributed by atoms with Gasteiger partial charge in [0.05, 0.1) is 12.0 Å². The van der Waals surface area contributed by atoms with Crippen LogP contribution in [0.5, 0.6) is 0 Å². The molecule has 47 heavy (non-hydrogen) atoms. The number of hydrogen-bond donors (Lipinski definition) is 1. The minimum Gasteiger partial charge on any atom is -0.465 e. The molecule has 268 valence electrons. The lowest BCUT2D eigenvalue weighted by atomic mass is 9.32. The summed E-state index contributed by atoms with van der Waals surface area (Å²) in [5.41, 5.74) is 1.53. The molecular weight excluding hydrogens is 584 g/mol. The molecule has 0 aromatic rings. The summed E-state index contributed by atoms with van der Waals surface area (Å²) < 4.78 is 12.2. The number of rotatable bonds is 13. The van der Waals surface area contributed by atoms with E-state index in [2.05, 4.69) is 48.1 Å². The van der Waals surface area contributed by atoms with Gasteiger partial charge in [-0.15, -0.1) is 0 Å². The summed E-state index contributed by atoms with van der Waals surface area (Å²) in [7, 11) is 0. The highest BCUT2D eigenvalue weighted by molar-refractivity contribution is 5.78. The van der Waals surface area contributed by atoms with Crippen molar-refractivity contribution in [2.45, 2.75) is 170 Å². The molecule has 5 heteroatoms. The SMILES string of the molecule is C=C(C)[C@@H]1CC[C@]2(C(=O)OCCCCCCCCCCO)CC[C@]3(C)[C@H](CC[C@@H]4[C@@]5(C)CC[C@H](OC(C)=O)C(C)(C)[C@@H]5CC[C@]43C)[C@@H]12. The van der Waals surface area contributed by atoms with Crippen LogP contribution in [-0.4, -0.2) is 36.4 Å². The molecular formula is C42H70O5. The van der Waals surface area contributed by atoms with Crippen LogP contribution in [0.15, 0.2) is 12.2 Å². The number of aliphatic hydroxyl groups excluding tert-OH is 1. The molecule has 0 aromatic heterocycles. The van der Waals surface area contributed by atoms with Crippen LogP contribution in [0, 0.1) is 56.7 Å². The first-order valence-electron chi connectivity index (χ1n) is 19.8. The van der Waals surface area contributed by atoms with Gasteiger partial charge in [-0.2, -0.15) is 0 Å². The van der Waals surface area contributed by atoms with Crippen LogP contribution in [-0.2, 0) is 19.1 Å². The normalized spacial score (nSPS) is 42.0. The van der Waals surface area contributed by atoms with E-state index in [0.717, 1.165) is 64.2 Å². The maximum Gasteiger partial charge on any atom is 0.312 e. The summed E-state index contributed by atoms with van der Waals surface area (Å²) in [5.74, 6) is 2.41. The first-order valence-corrected chi connectivity index (χ1v) is 19.8. The zero-order valence-electron chi connectivity index (χ0n) is 31.4. The van der Waals surface area contributed by atoms with Crippen LogP contribution >= 0.6 is 0 Å². The monoisotopic (exact) mass is 655 g/mol. The Balaban J connectivity index is 1.30. The number of carbonyl (C=O) groups is 2.